The maximum atomic E-state index is 10.9. The normalized spacial score (nSPS) is 10.2. The third-order valence-electron chi connectivity index (χ3n) is 2.66. The summed E-state index contributed by atoms with van der Waals surface area (Å²) in [4.78, 5) is 15.0. The fourth-order valence-corrected chi connectivity index (χ4v) is 2.58. The van der Waals surface area contributed by atoms with Gasteiger partial charge in [0.15, 0.2) is 17.2 Å². The van der Waals surface area contributed by atoms with Gasteiger partial charge < -0.3 is 19.3 Å². The van der Waals surface area contributed by atoms with Crippen LogP contribution in [0, 0.1) is 0 Å². The second kappa shape index (κ2) is 5.79. The lowest BCUT2D eigenvalue weighted by Crippen LogP contribution is -1.98. The van der Waals surface area contributed by atoms with Crippen molar-refractivity contribution >= 4 is 17.3 Å². The number of benzene rings is 1. The predicted molar refractivity (Wildman–Crippen MR) is 74.2 cm³/mol. The molecule has 1 aromatic carbocycles. The van der Waals surface area contributed by atoms with Crippen LogP contribution in [0.5, 0.6) is 17.2 Å². The Balaban J connectivity index is 2.58. The fourth-order valence-electron chi connectivity index (χ4n) is 1.77. The summed E-state index contributed by atoms with van der Waals surface area (Å²) in [5.74, 6) is 0.368. The molecule has 0 bridgehead atoms. The third-order valence-corrected chi connectivity index (χ3v) is 3.53. The summed E-state index contributed by atoms with van der Waals surface area (Å²) in [6, 6.07) is 3.48. The predicted octanol–water partition coefficient (Wildman–Crippen LogP) is 2.53. The molecular weight excluding hydrogens is 282 g/mol. The number of thiazole rings is 1. The highest BCUT2D eigenvalue weighted by atomic mass is 32.1. The smallest absolute Gasteiger partial charge is 0.355 e. The van der Waals surface area contributed by atoms with E-state index in [1.807, 2.05) is 0 Å². The van der Waals surface area contributed by atoms with Gasteiger partial charge in [0.2, 0.25) is 5.75 Å². The van der Waals surface area contributed by atoms with E-state index in [9.17, 15) is 4.79 Å². The molecule has 2 aromatic rings. The first-order chi connectivity index (χ1) is 9.62. The molecule has 106 valence electrons. The molecule has 0 saturated heterocycles. The average Bonchev–Trinajstić information content (AvgIpc) is 2.95. The van der Waals surface area contributed by atoms with Crippen LogP contribution >= 0.6 is 11.3 Å². The summed E-state index contributed by atoms with van der Waals surface area (Å²) in [5, 5.41) is 10.9. The molecule has 0 aliphatic carbocycles. The molecule has 0 aliphatic heterocycles. The summed E-state index contributed by atoms with van der Waals surface area (Å²) < 4.78 is 15.8. The Hall–Kier alpha value is -2.28. The lowest BCUT2D eigenvalue weighted by atomic mass is 10.1. The molecule has 6 nitrogen and oxygen atoms in total. The molecule has 0 amide bonds. The van der Waals surface area contributed by atoms with Crippen molar-refractivity contribution in [2.45, 2.75) is 0 Å². The van der Waals surface area contributed by atoms with Crippen molar-refractivity contribution in [2.24, 2.45) is 0 Å². The van der Waals surface area contributed by atoms with Gasteiger partial charge in [-0.1, -0.05) is 0 Å². The lowest BCUT2D eigenvalue weighted by Gasteiger charge is -2.14. The highest BCUT2D eigenvalue weighted by Crippen LogP contribution is 2.44. The molecule has 0 unspecified atom stereocenters. The largest absolute Gasteiger partial charge is 0.493 e. The highest BCUT2D eigenvalue weighted by molar-refractivity contribution is 7.13. The van der Waals surface area contributed by atoms with Gasteiger partial charge in [0.05, 0.1) is 26.9 Å². The lowest BCUT2D eigenvalue weighted by molar-refractivity contribution is 0.0691. The molecule has 1 aromatic heterocycles. The van der Waals surface area contributed by atoms with Crippen LogP contribution in [0.2, 0.25) is 0 Å². The van der Waals surface area contributed by atoms with E-state index in [1.54, 1.807) is 12.1 Å². The van der Waals surface area contributed by atoms with Crippen molar-refractivity contribution in [1.29, 1.82) is 0 Å². The first-order valence-electron chi connectivity index (χ1n) is 5.60. The van der Waals surface area contributed by atoms with Gasteiger partial charge in [-0.3, -0.25) is 0 Å². The average molecular weight is 295 g/mol. The van der Waals surface area contributed by atoms with Gasteiger partial charge in [-0.25, -0.2) is 9.78 Å². The zero-order valence-corrected chi connectivity index (χ0v) is 12.0. The topological polar surface area (TPSA) is 77.9 Å². The van der Waals surface area contributed by atoms with Crippen molar-refractivity contribution in [3.63, 3.8) is 0 Å². The summed E-state index contributed by atoms with van der Waals surface area (Å²) in [7, 11) is 4.55. The Kier molecular flexibility index (Phi) is 4.09. The van der Waals surface area contributed by atoms with E-state index < -0.39 is 5.97 Å². The molecular formula is C13H13NO5S. The minimum atomic E-state index is -1.06. The highest BCUT2D eigenvalue weighted by Gasteiger charge is 2.20. The van der Waals surface area contributed by atoms with Crippen LogP contribution in [-0.4, -0.2) is 37.4 Å². The van der Waals surface area contributed by atoms with E-state index in [4.69, 9.17) is 19.3 Å². The van der Waals surface area contributed by atoms with Gasteiger partial charge in [0.25, 0.3) is 0 Å². The number of nitrogens with zero attached hydrogens (tertiary/aromatic N) is 1. The van der Waals surface area contributed by atoms with Crippen LogP contribution in [0.25, 0.3) is 10.6 Å². The zero-order valence-electron chi connectivity index (χ0n) is 11.2. The quantitative estimate of drug-likeness (QED) is 0.913. The van der Waals surface area contributed by atoms with Crippen LogP contribution < -0.4 is 14.2 Å². The van der Waals surface area contributed by atoms with Gasteiger partial charge in [0.1, 0.15) is 5.01 Å². The first kappa shape index (κ1) is 14.1. The van der Waals surface area contributed by atoms with Gasteiger partial charge in [0, 0.05) is 5.38 Å². The SMILES string of the molecule is COc1ccc(-c2nc(C(=O)O)cs2)c(OC)c1OC. The van der Waals surface area contributed by atoms with Crippen molar-refractivity contribution < 1.29 is 24.1 Å². The van der Waals surface area contributed by atoms with Crippen LogP contribution in [0.1, 0.15) is 10.5 Å². The van der Waals surface area contributed by atoms with Gasteiger partial charge in [-0.2, -0.15) is 0 Å². The van der Waals surface area contributed by atoms with Crippen LogP contribution in [0.4, 0.5) is 0 Å². The summed E-state index contributed by atoms with van der Waals surface area (Å²) in [6.07, 6.45) is 0. The van der Waals surface area contributed by atoms with Gasteiger partial charge in [-0.15, -0.1) is 11.3 Å². The number of methoxy groups -OCH3 is 3. The molecule has 0 spiro atoms. The number of ether oxygens (including phenoxy) is 3. The minimum absolute atomic E-state index is 0.00170. The maximum Gasteiger partial charge on any atom is 0.355 e. The van der Waals surface area contributed by atoms with E-state index in [0.29, 0.717) is 27.8 Å². The molecule has 20 heavy (non-hydrogen) atoms. The number of hydrogen-bond donors (Lipinski definition) is 1. The maximum absolute atomic E-state index is 10.9. The van der Waals surface area contributed by atoms with E-state index in [-0.39, 0.29) is 5.69 Å². The number of aromatic nitrogens is 1. The number of rotatable bonds is 5. The van der Waals surface area contributed by atoms with Gasteiger partial charge in [-0.05, 0) is 12.1 Å². The molecule has 0 atom stereocenters. The van der Waals surface area contributed by atoms with Crippen molar-refractivity contribution in [1.82, 2.24) is 4.98 Å². The Morgan fingerprint density at radius 3 is 2.35 bits per heavy atom. The Morgan fingerprint density at radius 2 is 1.85 bits per heavy atom. The standard InChI is InChI=1S/C13H13NO5S/c1-17-9-5-4-7(10(18-2)11(9)19-3)12-14-8(6-20-12)13(15)16/h4-6H,1-3H3,(H,15,16). The van der Waals surface area contributed by atoms with Crippen molar-refractivity contribution in [3.05, 3.63) is 23.2 Å². The molecule has 0 radical (unpaired) electrons. The van der Waals surface area contributed by atoms with Gasteiger partial charge >= 0.3 is 5.97 Å². The molecule has 1 N–H and O–H groups in total. The first-order valence-corrected chi connectivity index (χ1v) is 6.48. The van der Waals surface area contributed by atoms with E-state index in [0.717, 1.165) is 0 Å². The Morgan fingerprint density at radius 1 is 1.15 bits per heavy atom. The van der Waals surface area contributed by atoms with Crippen LogP contribution in [0.15, 0.2) is 17.5 Å². The number of carbonyl (C=O) groups is 1. The molecule has 0 saturated carbocycles. The summed E-state index contributed by atoms with van der Waals surface area (Å²) in [6.45, 7) is 0. The summed E-state index contributed by atoms with van der Waals surface area (Å²) >= 11 is 1.22. The fraction of sp³-hybridized carbons (Fsp3) is 0.231. The Labute approximate surface area is 119 Å². The van der Waals surface area contributed by atoms with E-state index in [1.165, 1.54) is 38.0 Å². The molecule has 2 rings (SSSR count). The van der Waals surface area contributed by atoms with Crippen molar-refractivity contribution in [2.75, 3.05) is 21.3 Å². The van der Waals surface area contributed by atoms with Crippen molar-refractivity contribution in [3.8, 4) is 27.8 Å². The number of hydrogen-bond acceptors (Lipinski definition) is 6. The molecule has 7 heteroatoms. The number of carboxylic acid groups (broad SMARTS) is 1. The van der Waals surface area contributed by atoms with E-state index in [2.05, 4.69) is 4.98 Å². The molecule has 0 fully saturated rings. The number of aromatic carboxylic acids is 1. The summed E-state index contributed by atoms with van der Waals surface area (Å²) in [5.41, 5.74) is 0.657. The monoisotopic (exact) mass is 295 g/mol. The van der Waals surface area contributed by atoms with Crippen LogP contribution in [0.3, 0.4) is 0 Å². The molecule has 1 heterocycles. The number of carboxylic acids is 1. The van der Waals surface area contributed by atoms with Crippen LogP contribution in [-0.2, 0) is 0 Å². The zero-order chi connectivity index (χ0) is 14.7. The minimum Gasteiger partial charge on any atom is -0.493 e. The molecule has 0 aliphatic rings. The second-order valence-electron chi connectivity index (χ2n) is 3.72. The van der Waals surface area contributed by atoms with E-state index >= 15 is 0 Å². The Bertz CT molecular complexity index is 638. The third kappa shape index (κ3) is 2.39. The second-order valence-corrected chi connectivity index (χ2v) is 4.58.